The van der Waals surface area contributed by atoms with Crippen molar-refractivity contribution < 1.29 is 25.9 Å². The Bertz CT molecular complexity index is 1330. The largest absolute Gasteiger partial charge is 0.388 e. The van der Waals surface area contributed by atoms with Crippen molar-refractivity contribution >= 4 is 85.0 Å². The van der Waals surface area contributed by atoms with Gasteiger partial charge < -0.3 is 5.32 Å². The van der Waals surface area contributed by atoms with Crippen LogP contribution < -0.4 is 10.9 Å². The Hall–Kier alpha value is -0.930. The number of hydrogen-bond donors (Lipinski definition) is 4. The quantitative estimate of drug-likeness (QED) is 0.311. The molecule has 0 aliphatic rings. The van der Waals surface area contributed by atoms with Crippen molar-refractivity contribution in [1.82, 2.24) is 9.78 Å². The van der Waals surface area contributed by atoms with Gasteiger partial charge in [0.25, 0.3) is 25.8 Å². The van der Waals surface area contributed by atoms with Crippen molar-refractivity contribution in [3.8, 4) is 16.9 Å². The molecule has 1 heterocycles. The van der Waals surface area contributed by atoms with Gasteiger partial charge in [0.1, 0.15) is 4.90 Å². The number of aromatic amines is 1. The fourth-order valence-corrected chi connectivity index (χ4v) is 3.89. The zero-order valence-corrected chi connectivity index (χ0v) is 22.0. The van der Waals surface area contributed by atoms with Crippen LogP contribution in [0.3, 0.4) is 0 Å². The van der Waals surface area contributed by atoms with E-state index in [0.29, 0.717) is 17.3 Å². The molecule has 0 fully saturated rings. The maximum absolute atomic E-state index is 12.4. The molecule has 4 N–H and O–H groups in total. The molecule has 0 unspecified atom stereocenters. The van der Waals surface area contributed by atoms with E-state index in [-0.39, 0.29) is 64.8 Å². The molecule has 0 saturated heterocycles. The molecule has 0 bridgehead atoms. The topological polar surface area (TPSA) is 159 Å². The summed E-state index contributed by atoms with van der Waals surface area (Å²) < 4.78 is 65.4. The van der Waals surface area contributed by atoms with Gasteiger partial charge in [0.2, 0.25) is 0 Å². The van der Waals surface area contributed by atoms with Crippen LogP contribution in [0.4, 0.5) is 5.69 Å². The molecule has 3 aromatic rings. The molecule has 0 spiro atoms. The number of nitrogens with zero attached hydrogens (tertiary/aromatic N) is 1. The third-order valence-electron chi connectivity index (χ3n) is 3.93. The second kappa shape index (κ2) is 10.1. The molecular weight excluding hydrogens is 456 g/mol. The van der Waals surface area contributed by atoms with E-state index in [9.17, 15) is 26.2 Å². The molecule has 0 aliphatic heterocycles. The van der Waals surface area contributed by atoms with E-state index in [0.717, 1.165) is 22.5 Å². The van der Waals surface area contributed by atoms with E-state index in [4.69, 9.17) is 4.55 Å². The van der Waals surface area contributed by atoms with Crippen molar-refractivity contribution in [2.75, 3.05) is 12.4 Å². The SMILES string of the molecule is CNc1cccc(-c2cc(=O)n(-c3ccc(S(=O)(=O)O)cc3S(=O)(=O)O)[nH]2)c1.[Na].[Na]. The summed E-state index contributed by atoms with van der Waals surface area (Å²) >= 11 is 0. The van der Waals surface area contributed by atoms with Gasteiger partial charge in [0, 0.05) is 83.5 Å². The number of rotatable bonds is 5. The van der Waals surface area contributed by atoms with Crippen molar-refractivity contribution in [1.29, 1.82) is 0 Å². The second-order valence-corrected chi connectivity index (χ2v) is 8.57. The normalized spacial score (nSPS) is 11.3. The molecule has 2 aromatic carbocycles. The number of nitrogens with one attached hydrogen (secondary N) is 2. The third-order valence-corrected chi connectivity index (χ3v) is 5.66. The van der Waals surface area contributed by atoms with Gasteiger partial charge in [-0.05, 0) is 30.3 Å². The van der Waals surface area contributed by atoms with E-state index in [1.165, 1.54) is 6.07 Å². The van der Waals surface area contributed by atoms with Gasteiger partial charge in [-0.25, -0.2) is 4.68 Å². The first-order chi connectivity index (χ1) is 13.0. The number of anilines is 1. The van der Waals surface area contributed by atoms with E-state index in [1.807, 2.05) is 6.07 Å². The van der Waals surface area contributed by atoms with Crippen LogP contribution in [0, 0.1) is 0 Å². The Morgan fingerprint density at radius 2 is 1.60 bits per heavy atom. The monoisotopic (exact) mass is 471 g/mol. The predicted octanol–water partition coefficient (Wildman–Crippen LogP) is 0.606. The van der Waals surface area contributed by atoms with Crippen LogP contribution in [0.1, 0.15) is 0 Å². The third kappa shape index (κ3) is 5.85. The van der Waals surface area contributed by atoms with Crippen LogP contribution in [0.15, 0.2) is 63.1 Å². The van der Waals surface area contributed by atoms with Crippen LogP contribution in [0.2, 0.25) is 0 Å². The summed E-state index contributed by atoms with van der Waals surface area (Å²) in [5.74, 6) is 0. The molecule has 0 atom stereocenters. The van der Waals surface area contributed by atoms with Crippen molar-refractivity contribution in [3.05, 3.63) is 58.9 Å². The van der Waals surface area contributed by atoms with Gasteiger partial charge >= 0.3 is 0 Å². The van der Waals surface area contributed by atoms with Crippen LogP contribution in [-0.2, 0) is 20.2 Å². The first-order valence-electron chi connectivity index (χ1n) is 7.70. The fraction of sp³-hybridized carbons (Fsp3) is 0.0625. The van der Waals surface area contributed by atoms with Gasteiger partial charge in [-0.15, -0.1) is 0 Å². The molecule has 30 heavy (non-hydrogen) atoms. The van der Waals surface area contributed by atoms with Gasteiger partial charge in [-0.1, -0.05) is 12.1 Å². The Labute approximate surface area is 216 Å². The maximum atomic E-state index is 12.4. The standard InChI is InChI=1S/C16H15N3O7S2.2Na/c1-17-11-4-2-3-10(7-11)13-9-16(20)19(18-13)14-6-5-12(27(21,22)23)8-15(14)28(24,25)26;;/h2-9,17-18H,1H3,(H,21,22,23)(H,24,25,26);;. The second-order valence-electron chi connectivity index (χ2n) is 5.75. The number of hydrogen-bond acceptors (Lipinski definition) is 6. The Balaban J connectivity index is 0.00000225. The summed E-state index contributed by atoms with van der Waals surface area (Å²) in [5.41, 5.74) is 0.820. The summed E-state index contributed by atoms with van der Waals surface area (Å²) in [7, 11) is -7.91. The first kappa shape index (κ1) is 27.1. The average Bonchev–Trinajstić information content (AvgIpc) is 3.01. The smallest absolute Gasteiger partial charge is 0.296 e. The maximum Gasteiger partial charge on any atom is 0.296 e. The summed E-state index contributed by atoms with van der Waals surface area (Å²) in [4.78, 5) is 10.8. The molecule has 0 aliphatic carbocycles. The zero-order valence-electron chi connectivity index (χ0n) is 16.3. The first-order valence-corrected chi connectivity index (χ1v) is 10.6. The molecule has 0 amide bonds. The molecule has 14 heteroatoms. The molecular formula is C16H15N3Na2O7S2. The van der Waals surface area contributed by atoms with Gasteiger partial charge in [0.05, 0.1) is 16.3 Å². The Morgan fingerprint density at radius 1 is 0.933 bits per heavy atom. The molecule has 3 rings (SSSR count). The number of H-pyrrole nitrogens is 1. The predicted molar refractivity (Wildman–Crippen MR) is 113 cm³/mol. The van der Waals surface area contributed by atoms with E-state index in [2.05, 4.69) is 10.4 Å². The molecule has 150 valence electrons. The molecule has 2 radical (unpaired) electrons. The van der Waals surface area contributed by atoms with Gasteiger partial charge in [0.15, 0.2) is 0 Å². The van der Waals surface area contributed by atoms with Gasteiger partial charge in [-0.2, -0.15) is 16.8 Å². The Morgan fingerprint density at radius 3 is 2.17 bits per heavy atom. The van der Waals surface area contributed by atoms with Crippen LogP contribution in [0.25, 0.3) is 16.9 Å². The fourth-order valence-electron chi connectivity index (χ4n) is 2.61. The summed E-state index contributed by atoms with van der Waals surface area (Å²) in [6, 6.07) is 10.7. The van der Waals surface area contributed by atoms with Crippen LogP contribution in [-0.4, -0.2) is 102 Å². The number of benzene rings is 2. The molecule has 0 saturated carbocycles. The van der Waals surface area contributed by atoms with E-state index < -0.39 is 35.6 Å². The van der Waals surface area contributed by atoms with Gasteiger partial charge in [-0.3, -0.25) is 19.0 Å². The summed E-state index contributed by atoms with van der Waals surface area (Å²) in [6.07, 6.45) is 0. The minimum Gasteiger partial charge on any atom is -0.388 e. The van der Waals surface area contributed by atoms with Crippen molar-refractivity contribution in [2.45, 2.75) is 9.79 Å². The Kier molecular flexibility index (Phi) is 9.15. The van der Waals surface area contributed by atoms with Crippen LogP contribution >= 0.6 is 0 Å². The van der Waals surface area contributed by atoms with Crippen LogP contribution in [0.5, 0.6) is 0 Å². The zero-order chi connectivity index (χ0) is 20.7. The minimum atomic E-state index is -4.91. The average molecular weight is 471 g/mol. The summed E-state index contributed by atoms with van der Waals surface area (Å²) in [6.45, 7) is 0. The molecule has 10 nitrogen and oxygen atoms in total. The van der Waals surface area contributed by atoms with Crippen molar-refractivity contribution in [2.24, 2.45) is 0 Å². The minimum absolute atomic E-state index is 0. The van der Waals surface area contributed by atoms with Crippen molar-refractivity contribution in [3.63, 3.8) is 0 Å². The number of aromatic nitrogens is 2. The summed E-state index contributed by atoms with van der Waals surface area (Å²) in [5, 5.41) is 5.67. The van der Waals surface area contributed by atoms with E-state index >= 15 is 0 Å². The molecule has 1 aromatic heterocycles. The van der Waals surface area contributed by atoms with E-state index in [1.54, 1.807) is 25.2 Å².